The number of benzene rings is 1. The summed E-state index contributed by atoms with van der Waals surface area (Å²) in [4.78, 5) is 11.8. The molecule has 0 aliphatic rings. The maximum absolute atomic E-state index is 10.6. The summed E-state index contributed by atoms with van der Waals surface area (Å²) in [5.74, 6) is 0. The van der Waals surface area contributed by atoms with E-state index in [-0.39, 0.29) is 0 Å². The molecule has 0 aliphatic heterocycles. The van der Waals surface area contributed by atoms with Gasteiger partial charge < -0.3 is 16.2 Å². The van der Waals surface area contributed by atoms with Crippen molar-refractivity contribution in [2.45, 2.75) is 15.3 Å². The summed E-state index contributed by atoms with van der Waals surface area (Å²) < 4.78 is 1.04. The molecule has 0 spiro atoms. The van der Waals surface area contributed by atoms with Gasteiger partial charge in [-0.25, -0.2) is 4.79 Å². The number of amides is 2. The summed E-state index contributed by atoms with van der Waals surface area (Å²) in [6, 6.07) is 11.0. The van der Waals surface area contributed by atoms with E-state index in [4.69, 9.17) is 5.73 Å². The Labute approximate surface area is 113 Å². The average Bonchev–Trinajstić information content (AvgIpc) is 2.78. The van der Waals surface area contributed by atoms with E-state index in [9.17, 15) is 9.90 Å². The molecule has 0 fully saturated rings. The number of nitrogens with two attached hydrogens (primary N) is 1. The second-order valence-corrected chi connectivity index (χ2v) is 5.81. The summed E-state index contributed by atoms with van der Waals surface area (Å²) in [7, 11) is 0. The highest BCUT2D eigenvalue weighted by Gasteiger charge is 2.11. The number of urea groups is 1. The average molecular weight is 280 g/mol. The first-order valence-electron chi connectivity index (χ1n) is 5.20. The van der Waals surface area contributed by atoms with Gasteiger partial charge in [0.1, 0.15) is 0 Å². The third-order valence-corrected chi connectivity index (χ3v) is 4.26. The van der Waals surface area contributed by atoms with Crippen LogP contribution >= 0.6 is 23.1 Å². The van der Waals surface area contributed by atoms with E-state index < -0.39 is 12.3 Å². The third kappa shape index (κ3) is 3.49. The van der Waals surface area contributed by atoms with Crippen LogP contribution in [0, 0.1) is 0 Å². The van der Waals surface area contributed by atoms with Crippen molar-refractivity contribution in [1.82, 2.24) is 5.32 Å². The van der Waals surface area contributed by atoms with Gasteiger partial charge in [0.05, 0.1) is 4.21 Å². The largest absolute Gasteiger partial charge is 0.369 e. The Hall–Kier alpha value is -1.50. The zero-order chi connectivity index (χ0) is 13.0. The molecule has 2 aromatic rings. The molecule has 1 aromatic heterocycles. The van der Waals surface area contributed by atoms with Crippen LogP contribution in [-0.4, -0.2) is 11.1 Å². The molecular weight excluding hydrogens is 268 g/mol. The van der Waals surface area contributed by atoms with E-state index in [2.05, 4.69) is 5.32 Å². The highest BCUT2D eigenvalue weighted by Crippen LogP contribution is 2.33. The van der Waals surface area contributed by atoms with E-state index in [0.717, 1.165) is 9.10 Å². The normalized spacial score (nSPS) is 12.1. The highest BCUT2D eigenvalue weighted by molar-refractivity contribution is 8.01. The Bertz CT molecular complexity index is 528. The maximum Gasteiger partial charge on any atom is 0.314 e. The van der Waals surface area contributed by atoms with Gasteiger partial charge in [0, 0.05) is 10.5 Å². The quantitative estimate of drug-likeness (QED) is 0.753. The molecule has 4 nitrogen and oxygen atoms in total. The number of hydrogen-bond donors (Lipinski definition) is 3. The minimum atomic E-state index is -1.05. The Morgan fingerprint density at radius 2 is 2.11 bits per heavy atom. The van der Waals surface area contributed by atoms with Crippen LogP contribution in [0.3, 0.4) is 0 Å². The van der Waals surface area contributed by atoms with Crippen LogP contribution in [0.15, 0.2) is 50.9 Å². The molecule has 1 aromatic carbocycles. The van der Waals surface area contributed by atoms with Gasteiger partial charge in [-0.15, -0.1) is 11.3 Å². The van der Waals surface area contributed by atoms with Gasteiger partial charge in [0.15, 0.2) is 6.23 Å². The molecule has 2 amide bonds. The van der Waals surface area contributed by atoms with E-state index in [1.165, 1.54) is 11.3 Å². The number of carbonyl (C=O) groups excluding carboxylic acids is 1. The Morgan fingerprint density at radius 1 is 1.39 bits per heavy atom. The maximum atomic E-state index is 10.6. The monoisotopic (exact) mass is 280 g/mol. The predicted octanol–water partition coefficient (Wildman–Crippen LogP) is 2.56. The number of carbonyl (C=O) groups is 1. The molecule has 2 rings (SSSR count). The van der Waals surface area contributed by atoms with Gasteiger partial charge >= 0.3 is 6.03 Å². The molecule has 4 N–H and O–H groups in total. The highest BCUT2D eigenvalue weighted by atomic mass is 32.2. The van der Waals surface area contributed by atoms with Crippen LogP contribution in [0.2, 0.25) is 0 Å². The molecule has 1 heterocycles. The fourth-order valence-electron chi connectivity index (χ4n) is 1.35. The van der Waals surface area contributed by atoms with Crippen molar-refractivity contribution in [2.75, 3.05) is 0 Å². The zero-order valence-corrected chi connectivity index (χ0v) is 11.0. The third-order valence-electron chi connectivity index (χ3n) is 2.15. The van der Waals surface area contributed by atoms with Crippen LogP contribution < -0.4 is 11.1 Å². The Kier molecular flexibility index (Phi) is 4.24. The lowest BCUT2D eigenvalue weighted by Gasteiger charge is -2.08. The first-order chi connectivity index (χ1) is 8.65. The van der Waals surface area contributed by atoms with Gasteiger partial charge in [0.25, 0.3) is 0 Å². The number of rotatable bonds is 4. The lowest BCUT2D eigenvalue weighted by molar-refractivity contribution is 0.146. The van der Waals surface area contributed by atoms with Crippen molar-refractivity contribution in [3.05, 3.63) is 47.3 Å². The Balaban J connectivity index is 2.04. The van der Waals surface area contributed by atoms with Gasteiger partial charge in [-0.2, -0.15) is 0 Å². The topological polar surface area (TPSA) is 75.4 Å². The van der Waals surface area contributed by atoms with Crippen LogP contribution in [0.5, 0.6) is 0 Å². The van der Waals surface area contributed by atoms with Crippen molar-refractivity contribution < 1.29 is 9.90 Å². The number of hydrogen-bond acceptors (Lipinski definition) is 4. The van der Waals surface area contributed by atoms with Gasteiger partial charge in [-0.3, -0.25) is 0 Å². The molecule has 0 saturated heterocycles. The molecule has 0 bridgehead atoms. The molecule has 0 aliphatic carbocycles. The van der Waals surface area contributed by atoms with E-state index in [0.29, 0.717) is 5.56 Å². The summed E-state index contributed by atoms with van der Waals surface area (Å²) in [6.07, 6.45) is -1.05. The lowest BCUT2D eigenvalue weighted by Crippen LogP contribution is -2.32. The standard InChI is InChI=1S/C12H12N2O2S2/c13-12(16)14-11(15)8-6-10(17-7-8)18-9-4-2-1-3-5-9/h1-7,11,15H,(H3,13,14,16). The molecule has 6 heteroatoms. The van der Waals surface area contributed by atoms with Crippen molar-refractivity contribution in [1.29, 1.82) is 0 Å². The van der Waals surface area contributed by atoms with Crippen LogP contribution in [-0.2, 0) is 0 Å². The zero-order valence-electron chi connectivity index (χ0n) is 9.37. The number of nitrogens with one attached hydrogen (secondary N) is 1. The van der Waals surface area contributed by atoms with Crippen LogP contribution in [0.4, 0.5) is 4.79 Å². The Morgan fingerprint density at radius 3 is 2.78 bits per heavy atom. The van der Waals surface area contributed by atoms with E-state index in [1.807, 2.05) is 36.4 Å². The number of aliphatic hydroxyl groups excluding tert-OH is 1. The first-order valence-corrected chi connectivity index (χ1v) is 6.90. The second-order valence-electron chi connectivity index (χ2n) is 3.53. The number of aliphatic hydroxyl groups is 1. The van der Waals surface area contributed by atoms with Gasteiger partial charge in [0.2, 0.25) is 0 Å². The van der Waals surface area contributed by atoms with Gasteiger partial charge in [-0.05, 0) is 23.6 Å². The first kappa shape index (κ1) is 12.9. The molecule has 94 valence electrons. The van der Waals surface area contributed by atoms with E-state index >= 15 is 0 Å². The minimum absolute atomic E-state index is 0.636. The number of primary amides is 1. The minimum Gasteiger partial charge on any atom is -0.369 e. The lowest BCUT2D eigenvalue weighted by atomic mass is 10.3. The van der Waals surface area contributed by atoms with Crippen LogP contribution in [0.1, 0.15) is 11.8 Å². The van der Waals surface area contributed by atoms with Gasteiger partial charge in [-0.1, -0.05) is 30.0 Å². The van der Waals surface area contributed by atoms with Crippen molar-refractivity contribution >= 4 is 29.1 Å². The molecule has 1 atom stereocenters. The fourth-order valence-corrected chi connectivity index (χ4v) is 3.35. The summed E-state index contributed by atoms with van der Waals surface area (Å²) in [5, 5.41) is 13.7. The van der Waals surface area contributed by atoms with E-state index in [1.54, 1.807) is 17.1 Å². The molecule has 0 radical (unpaired) electrons. The fraction of sp³-hybridized carbons (Fsp3) is 0.0833. The summed E-state index contributed by atoms with van der Waals surface area (Å²) in [6.45, 7) is 0. The number of thiophene rings is 1. The smallest absolute Gasteiger partial charge is 0.314 e. The predicted molar refractivity (Wildman–Crippen MR) is 72.6 cm³/mol. The van der Waals surface area contributed by atoms with Crippen molar-refractivity contribution in [3.8, 4) is 0 Å². The van der Waals surface area contributed by atoms with Crippen LogP contribution in [0.25, 0.3) is 0 Å². The molecular formula is C12H12N2O2S2. The molecule has 18 heavy (non-hydrogen) atoms. The summed E-state index contributed by atoms with van der Waals surface area (Å²) in [5.41, 5.74) is 5.59. The SMILES string of the molecule is NC(=O)NC(O)c1csc(Sc2ccccc2)c1. The van der Waals surface area contributed by atoms with Crippen molar-refractivity contribution in [3.63, 3.8) is 0 Å². The van der Waals surface area contributed by atoms with Crippen molar-refractivity contribution in [2.24, 2.45) is 5.73 Å². The molecule has 1 unspecified atom stereocenters. The second kappa shape index (κ2) is 5.90. The summed E-state index contributed by atoms with van der Waals surface area (Å²) >= 11 is 3.12. The molecule has 0 saturated carbocycles.